The maximum absolute atomic E-state index is 12.7. The summed E-state index contributed by atoms with van der Waals surface area (Å²) in [6.45, 7) is 2.86. The van der Waals surface area contributed by atoms with Crippen molar-refractivity contribution < 1.29 is 4.79 Å². The van der Waals surface area contributed by atoms with Gasteiger partial charge in [-0.3, -0.25) is 4.79 Å². The molecule has 158 valence electrons. The molecule has 2 heterocycles. The number of carbonyl (C=O) groups is 1. The van der Waals surface area contributed by atoms with Crippen LogP contribution in [0.25, 0.3) is 10.9 Å². The van der Waals surface area contributed by atoms with Gasteiger partial charge < -0.3 is 15.2 Å². The number of nitrogens with one attached hydrogen (secondary N) is 2. The van der Waals surface area contributed by atoms with Crippen LogP contribution in [-0.4, -0.2) is 42.5 Å². The molecule has 0 radical (unpaired) electrons. The Hall–Kier alpha value is -1.37. The lowest BCUT2D eigenvalue weighted by molar-refractivity contribution is 0.0935. The molecule has 0 spiro atoms. The van der Waals surface area contributed by atoms with E-state index in [-0.39, 0.29) is 5.91 Å². The number of aromatic amines is 1. The Kier molecular flexibility index (Phi) is 6.85. The second kappa shape index (κ2) is 9.41. The fraction of sp³-hybridized carbons (Fsp3) is 0.318. The van der Waals surface area contributed by atoms with E-state index in [4.69, 9.17) is 34.8 Å². The van der Waals surface area contributed by atoms with Crippen molar-refractivity contribution in [3.63, 3.8) is 0 Å². The van der Waals surface area contributed by atoms with E-state index >= 15 is 0 Å². The predicted molar refractivity (Wildman–Crippen MR) is 126 cm³/mol. The molecule has 0 atom stereocenters. The van der Waals surface area contributed by atoms with Crippen molar-refractivity contribution in [2.75, 3.05) is 26.7 Å². The van der Waals surface area contributed by atoms with E-state index < -0.39 is 0 Å². The third-order valence-corrected chi connectivity index (χ3v) is 7.42. The highest BCUT2D eigenvalue weighted by molar-refractivity contribution is 7.99. The van der Waals surface area contributed by atoms with Gasteiger partial charge in [-0.1, -0.05) is 46.6 Å². The summed E-state index contributed by atoms with van der Waals surface area (Å²) in [5, 5.41) is 5.77. The molecule has 0 aliphatic carbocycles. The molecule has 4 rings (SSSR count). The van der Waals surface area contributed by atoms with Crippen molar-refractivity contribution in [3.8, 4) is 0 Å². The average Bonchev–Trinajstić information content (AvgIpc) is 3.13. The van der Waals surface area contributed by atoms with E-state index in [1.807, 2.05) is 24.3 Å². The van der Waals surface area contributed by atoms with Crippen LogP contribution in [0.2, 0.25) is 15.1 Å². The minimum absolute atomic E-state index is 0.0956. The molecule has 30 heavy (non-hydrogen) atoms. The van der Waals surface area contributed by atoms with E-state index in [0.29, 0.717) is 33.2 Å². The molecular formula is C22H22Cl3N3OS. The smallest absolute Gasteiger partial charge is 0.267 e. The van der Waals surface area contributed by atoms with E-state index in [9.17, 15) is 4.79 Å². The fourth-order valence-corrected chi connectivity index (χ4v) is 5.45. The molecule has 0 unspecified atom stereocenters. The van der Waals surface area contributed by atoms with Gasteiger partial charge in [0.1, 0.15) is 5.69 Å². The highest BCUT2D eigenvalue weighted by atomic mass is 35.5. The minimum atomic E-state index is -0.0956. The van der Waals surface area contributed by atoms with Crippen molar-refractivity contribution in [1.82, 2.24) is 15.2 Å². The zero-order valence-corrected chi connectivity index (χ0v) is 19.6. The molecule has 8 heteroatoms. The maximum atomic E-state index is 12.7. The third kappa shape index (κ3) is 5.09. The molecule has 1 saturated heterocycles. The zero-order chi connectivity index (χ0) is 21.3. The highest BCUT2D eigenvalue weighted by Gasteiger charge is 2.19. The molecule has 4 nitrogen and oxygen atoms in total. The highest BCUT2D eigenvalue weighted by Crippen LogP contribution is 2.39. The number of halogens is 3. The zero-order valence-electron chi connectivity index (χ0n) is 16.5. The number of nitrogens with zero attached hydrogens (tertiary/aromatic N) is 1. The van der Waals surface area contributed by atoms with Crippen LogP contribution in [0.5, 0.6) is 0 Å². The van der Waals surface area contributed by atoms with Crippen LogP contribution in [0.1, 0.15) is 23.3 Å². The van der Waals surface area contributed by atoms with Gasteiger partial charge in [0.05, 0.1) is 5.02 Å². The lowest BCUT2D eigenvalue weighted by Crippen LogP contribution is -2.36. The summed E-state index contributed by atoms with van der Waals surface area (Å²) < 4.78 is 0. The van der Waals surface area contributed by atoms with Gasteiger partial charge in [-0.2, -0.15) is 0 Å². The van der Waals surface area contributed by atoms with Gasteiger partial charge in [0.2, 0.25) is 0 Å². The maximum Gasteiger partial charge on any atom is 0.267 e. The molecule has 1 aliphatic heterocycles. The SMILES string of the molecule is CN1CCC(CNC(=O)c2cc3c(Sc4ccc(Cl)cc4Cl)cc(Cl)cc3[nH]2)CC1. The summed E-state index contributed by atoms with van der Waals surface area (Å²) in [5.74, 6) is 0.434. The number of fused-ring (bicyclic) bond motifs is 1. The van der Waals surface area contributed by atoms with Crippen molar-refractivity contribution in [2.45, 2.75) is 22.6 Å². The number of H-pyrrole nitrogens is 1. The molecule has 0 bridgehead atoms. The number of hydrogen-bond donors (Lipinski definition) is 2. The van der Waals surface area contributed by atoms with Gasteiger partial charge in [-0.25, -0.2) is 0 Å². The third-order valence-electron chi connectivity index (χ3n) is 5.41. The second-order valence-electron chi connectivity index (χ2n) is 7.68. The number of piperidine rings is 1. The van der Waals surface area contributed by atoms with Gasteiger partial charge in [-0.15, -0.1) is 0 Å². The van der Waals surface area contributed by atoms with Crippen LogP contribution >= 0.6 is 46.6 Å². The molecule has 0 saturated carbocycles. The van der Waals surface area contributed by atoms with Crippen molar-refractivity contribution >= 4 is 63.4 Å². The summed E-state index contributed by atoms with van der Waals surface area (Å²) in [4.78, 5) is 20.1. The molecular weight excluding hydrogens is 461 g/mol. The van der Waals surface area contributed by atoms with Crippen molar-refractivity contribution in [2.24, 2.45) is 5.92 Å². The molecule has 3 aromatic rings. The number of aromatic nitrogens is 1. The first-order valence-corrected chi connectivity index (χ1v) is 11.8. The average molecular weight is 483 g/mol. The van der Waals surface area contributed by atoms with Gasteiger partial charge in [0.25, 0.3) is 5.91 Å². The Balaban J connectivity index is 1.53. The van der Waals surface area contributed by atoms with Crippen molar-refractivity contribution in [3.05, 3.63) is 57.2 Å². The minimum Gasteiger partial charge on any atom is -0.350 e. The summed E-state index contributed by atoms with van der Waals surface area (Å²) in [7, 11) is 2.14. The fourth-order valence-electron chi connectivity index (χ4n) is 3.65. The van der Waals surface area contributed by atoms with Crippen LogP contribution < -0.4 is 5.32 Å². The predicted octanol–water partition coefficient (Wildman–Crippen LogP) is 6.35. The number of benzene rings is 2. The Labute approximate surface area is 195 Å². The van der Waals surface area contributed by atoms with Crippen LogP contribution in [0, 0.1) is 5.92 Å². The van der Waals surface area contributed by atoms with Crippen LogP contribution in [0.15, 0.2) is 46.2 Å². The normalized spacial score (nSPS) is 15.6. The molecule has 1 amide bonds. The monoisotopic (exact) mass is 481 g/mol. The summed E-state index contributed by atoms with van der Waals surface area (Å²) in [6.07, 6.45) is 2.23. The number of amides is 1. The number of carbonyl (C=O) groups excluding carboxylic acids is 1. The Morgan fingerprint density at radius 1 is 1.10 bits per heavy atom. The topological polar surface area (TPSA) is 48.1 Å². The second-order valence-corrected chi connectivity index (χ2v) is 10.0. The molecule has 1 aliphatic rings. The summed E-state index contributed by atoms with van der Waals surface area (Å²) in [6, 6.07) is 11.0. The summed E-state index contributed by atoms with van der Waals surface area (Å²) in [5.41, 5.74) is 1.35. The van der Waals surface area contributed by atoms with Crippen LogP contribution in [0.4, 0.5) is 0 Å². The van der Waals surface area contributed by atoms with Crippen LogP contribution in [-0.2, 0) is 0 Å². The van der Waals surface area contributed by atoms with E-state index in [1.165, 1.54) is 11.8 Å². The quantitative estimate of drug-likeness (QED) is 0.445. The molecule has 2 N–H and O–H groups in total. The molecule has 1 aromatic heterocycles. The molecule has 2 aromatic carbocycles. The standard InChI is InChI=1S/C22H22Cl3N3OS/c1-28-6-4-13(5-7-28)12-26-22(29)19-11-16-18(27-19)9-15(24)10-21(16)30-20-3-2-14(23)8-17(20)25/h2-3,8-11,13,27H,4-7,12H2,1H3,(H,26,29). The Morgan fingerprint density at radius 2 is 1.87 bits per heavy atom. The number of likely N-dealkylation sites (tertiary alicyclic amines) is 1. The van der Waals surface area contributed by atoms with Gasteiger partial charge >= 0.3 is 0 Å². The first-order chi connectivity index (χ1) is 14.4. The Bertz CT molecular complexity index is 1080. The van der Waals surface area contributed by atoms with E-state index in [1.54, 1.807) is 12.1 Å². The van der Waals surface area contributed by atoms with Crippen molar-refractivity contribution in [1.29, 1.82) is 0 Å². The van der Waals surface area contributed by atoms with Gasteiger partial charge in [0, 0.05) is 37.3 Å². The first-order valence-electron chi connectivity index (χ1n) is 9.81. The summed E-state index contributed by atoms with van der Waals surface area (Å²) >= 11 is 20.2. The number of hydrogen-bond acceptors (Lipinski definition) is 3. The first kappa shape index (κ1) is 21.8. The van der Waals surface area contributed by atoms with Gasteiger partial charge in [-0.05, 0) is 75.3 Å². The molecule has 1 fully saturated rings. The van der Waals surface area contributed by atoms with E-state index in [0.717, 1.165) is 46.6 Å². The lowest BCUT2D eigenvalue weighted by atomic mass is 9.97. The Morgan fingerprint density at radius 3 is 2.60 bits per heavy atom. The van der Waals surface area contributed by atoms with Crippen LogP contribution in [0.3, 0.4) is 0 Å². The largest absolute Gasteiger partial charge is 0.350 e. The van der Waals surface area contributed by atoms with Gasteiger partial charge in [0.15, 0.2) is 0 Å². The number of rotatable bonds is 5. The van der Waals surface area contributed by atoms with E-state index in [2.05, 4.69) is 22.2 Å². The lowest BCUT2D eigenvalue weighted by Gasteiger charge is -2.28.